The Morgan fingerprint density at radius 1 is 1.10 bits per heavy atom. The fourth-order valence-electron chi connectivity index (χ4n) is 1.02. The zero-order chi connectivity index (χ0) is 8.58. The van der Waals surface area contributed by atoms with Crippen molar-refractivity contribution in [1.82, 2.24) is 0 Å². The lowest BCUT2D eigenvalue weighted by atomic mass is 9.81. The SMILES string of the molecule is CC(C)(C)C(=O)C(C)(C)[NH3+]. The van der Waals surface area contributed by atoms with Crippen LogP contribution in [-0.4, -0.2) is 11.3 Å². The molecule has 0 radical (unpaired) electrons. The fraction of sp³-hybridized carbons (Fsp3) is 0.875. The van der Waals surface area contributed by atoms with E-state index in [9.17, 15) is 4.79 Å². The highest BCUT2D eigenvalue weighted by molar-refractivity contribution is 5.90. The van der Waals surface area contributed by atoms with Crippen LogP contribution in [0.2, 0.25) is 0 Å². The van der Waals surface area contributed by atoms with Crippen LogP contribution in [0.25, 0.3) is 0 Å². The lowest BCUT2D eigenvalue weighted by Crippen LogP contribution is -2.74. The third-order valence-corrected chi connectivity index (χ3v) is 1.30. The molecule has 0 aliphatic heterocycles. The number of ketones is 1. The first-order valence-electron chi connectivity index (χ1n) is 3.56. The highest BCUT2D eigenvalue weighted by Gasteiger charge is 2.35. The van der Waals surface area contributed by atoms with Crippen LogP contribution in [-0.2, 0) is 4.79 Å². The monoisotopic (exact) mass is 144 g/mol. The highest BCUT2D eigenvalue weighted by Crippen LogP contribution is 2.19. The van der Waals surface area contributed by atoms with Gasteiger partial charge in [-0.3, -0.25) is 4.79 Å². The van der Waals surface area contributed by atoms with E-state index in [1.807, 2.05) is 34.6 Å². The van der Waals surface area contributed by atoms with Gasteiger partial charge in [-0.15, -0.1) is 0 Å². The maximum Gasteiger partial charge on any atom is 0.197 e. The van der Waals surface area contributed by atoms with E-state index in [0.717, 1.165) is 0 Å². The molecule has 3 N–H and O–H groups in total. The minimum atomic E-state index is -0.446. The van der Waals surface area contributed by atoms with Crippen LogP contribution in [0.5, 0.6) is 0 Å². The Kier molecular flexibility index (Phi) is 2.26. The summed E-state index contributed by atoms with van der Waals surface area (Å²) in [7, 11) is 0. The number of carbonyl (C=O) groups is 1. The van der Waals surface area contributed by atoms with E-state index in [1.54, 1.807) is 0 Å². The number of quaternary nitrogens is 1. The quantitative estimate of drug-likeness (QED) is 0.576. The Balaban J connectivity index is 4.40. The van der Waals surface area contributed by atoms with Gasteiger partial charge < -0.3 is 5.73 Å². The van der Waals surface area contributed by atoms with Crippen molar-refractivity contribution >= 4 is 5.78 Å². The van der Waals surface area contributed by atoms with Crippen LogP contribution < -0.4 is 5.73 Å². The number of Topliss-reactive ketones (excluding diaryl/α,β-unsaturated/α-hetero) is 1. The molecular weight excluding hydrogens is 126 g/mol. The Morgan fingerprint density at radius 2 is 1.40 bits per heavy atom. The molecule has 2 nitrogen and oxygen atoms in total. The predicted octanol–water partition coefficient (Wildman–Crippen LogP) is 0.622. The van der Waals surface area contributed by atoms with Gasteiger partial charge in [0.05, 0.1) is 0 Å². The van der Waals surface area contributed by atoms with Gasteiger partial charge in [0.1, 0.15) is 5.54 Å². The first-order chi connectivity index (χ1) is 4.15. The molecule has 0 aliphatic rings. The van der Waals surface area contributed by atoms with Gasteiger partial charge in [-0.05, 0) is 13.8 Å². The summed E-state index contributed by atoms with van der Waals surface area (Å²) >= 11 is 0. The molecule has 10 heavy (non-hydrogen) atoms. The minimum absolute atomic E-state index is 0.208. The average Bonchev–Trinajstić information content (AvgIpc) is 1.59. The Morgan fingerprint density at radius 3 is 1.40 bits per heavy atom. The number of hydrogen-bond acceptors (Lipinski definition) is 1. The van der Waals surface area contributed by atoms with E-state index < -0.39 is 5.54 Å². The molecule has 0 saturated carbocycles. The average molecular weight is 144 g/mol. The molecule has 0 saturated heterocycles. The molecule has 0 aromatic carbocycles. The van der Waals surface area contributed by atoms with E-state index in [1.165, 1.54) is 0 Å². The maximum atomic E-state index is 11.4. The van der Waals surface area contributed by atoms with Crippen molar-refractivity contribution < 1.29 is 10.5 Å². The predicted molar refractivity (Wildman–Crippen MR) is 41.4 cm³/mol. The first kappa shape index (κ1) is 9.63. The van der Waals surface area contributed by atoms with Gasteiger partial charge in [0.15, 0.2) is 5.78 Å². The van der Waals surface area contributed by atoms with Crippen molar-refractivity contribution in [2.75, 3.05) is 0 Å². The Bertz CT molecular complexity index is 120. The van der Waals surface area contributed by atoms with Crippen molar-refractivity contribution in [3.63, 3.8) is 0 Å². The van der Waals surface area contributed by atoms with Gasteiger partial charge in [-0.25, -0.2) is 0 Å². The third kappa shape index (κ3) is 2.48. The summed E-state index contributed by atoms with van der Waals surface area (Å²) in [5.41, 5.74) is 3.08. The fourth-order valence-corrected chi connectivity index (χ4v) is 1.02. The molecule has 2 heteroatoms. The van der Waals surface area contributed by atoms with E-state index in [0.29, 0.717) is 0 Å². The first-order valence-corrected chi connectivity index (χ1v) is 3.56. The Labute approximate surface area is 62.8 Å². The van der Waals surface area contributed by atoms with E-state index in [4.69, 9.17) is 0 Å². The molecule has 0 fully saturated rings. The summed E-state index contributed by atoms with van der Waals surface area (Å²) < 4.78 is 0. The van der Waals surface area contributed by atoms with Crippen LogP contribution in [0.1, 0.15) is 34.6 Å². The van der Waals surface area contributed by atoms with Gasteiger partial charge in [0, 0.05) is 5.41 Å². The molecule has 60 valence electrons. The van der Waals surface area contributed by atoms with Crippen LogP contribution in [0.15, 0.2) is 0 Å². The normalized spacial score (nSPS) is 13.4. The third-order valence-electron chi connectivity index (χ3n) is 1.30. The number of hydrogen-bond donors (Lipinski definition) is 1. The minimum Gasteiger partial charge on any atom is -0.347 e. The summed E-state index contributed by atoms with van der Waals surface area (Å²) in [4.78, 5) is 11.4. The van der Waals surface area contributed by atoms with Crippen molar-refractivity contribution in [3.05, 3.63) is 0 Å². The summed E-state index contributed by atoms with van der Waals surface area (Å²) in [5, 5.41) is 0. The van der Waals surface area contributed by atoms with Gasteiger partial charge in [-0.1, -0.05) is 20.8 Å². The van der Waals surface area contributed by atoms with Crippen molar-refractivity contribution in [1.29, 1.82) is 0 Å². The second-order valence-electron chi connectivity index (χ2n) is 4.46. The summed E-state index contributed by atoms with van der Waals surface area (Å²) in [6, 6.07) is 0. The second-order valence-corrected chi connectivity index (χ2v) is 4.46. The zero-order valence-corrected chi connectivity index (χ0v) is 7.62. The molecule has 0 aromatic heterocycles. The van der Waals surface area contributed by atoms with Gasteiger partial charge in [-0.2, -0.15) is 0 Å². The molecule has 0 atom stereocenters. The van der Waals surface area contributed by atoms with E-state index in [2.05, 4.69) is 5.73 Å². The molecule has 0 unspecified atom stereocenters. The molecule has 0 aliphatic carbocycles. The highest BCUT2D eigenvalue weighted by atomic mass is 16.1. The van der Waals surface area contributed by atoms with Gasteiger partial charge >= 0.3 is 0 Å². The number of rotatable bonds is 1. The molecule has 0 rings (SSSR count). The van der Waals surface area contributed by atoms with E-state index in [-0.39, 0.29) is 11.2 Å². The molecule has 0 aromatic rings. The smallest absolute Gasteiger partial charge is 0.197 e. The molecule has 0 spiro atoms. The molecule has 0 bridgehead atoms. The summed E-state index contributed by atoms with van der Waals surface area (Å²) in [6.07, 6.45) is 0. The Hall–Kier alpha value is -0.370. The van der Waals surface area contributed by atoms with Crippen LogP contribution in [0.3, 0.4) is 0 Å². The summed E-state index contributed by atoms with van der Waals surface area (Å²) in [5.74, 6) is 0.208. The van der Waals surface area contributed by atoms with E-state index >= 15 is 0 Å². The topological polar surface area (TPSA) is 44.7 Å². The zero-order valence-electron chi connectivity index (χ0n) is 7.62. The lowest BCUT2D eigenvalue weighted by molar-refractivity contribution is -0.447. The number of carbonyl (C=O) groups excluding carboxylic acids is 1. The standard InChI is InChI=1S/C8H17NO/c1-7(2,3)6(10)8(4,5)9/h9H2,1-5H3/p+1. The van der Waals surface area contributed by atoms with Crippen molar-refractivity contribution in [2.45, 2.75) is 40.2 Å². The largest absolute Gasteiger partial charge is 0.347 e. The van der Waals surface area contributed by atoms with Crippen LogP contribution >= 0.6 is 0 Å². The molecule has 0 heterocycles. The van der Waals surface area contributed by atoms with Crippen LogP contribution in [0.4, 0.5) is 0 Å². The molecule has 0 amide bonds. The lowest BCUT2D eigenvalue weighted by Gasteiger charge is -2.23. The summed E-state index contributed by atoms with van der Waals surface area (Å²) in [6.45, 7) is 9.45. The van der Waals surface area contributed by atoms with Crippen molar-refractivity contribution in [2.24, 2.45) is 5.41 Å². The maximum absolute atomic E-state index is 11.4. The van der Waals surface area contributed by atoms with Gasteiger partial charge in [0.25, 0.3) is 0 Å². The second kappa shape index (κ2) is 2.35. The molecular formula is C8H18NO+. The van der Waals surface area contributed by atoms with Gasteiger partial charge in [0.2, 0.25) is 0 Å². The van der Waals surface area contributed by atoms with Crippen LogP contribution in [0, 0.1) is 5.41 Å². The van der Waals surface area contributed by atoms with Crippen molar-refractivity contribution in [3.8, 4) is 0 Å².